The van der Waals surface area contributed by atoms with Crippen molar-refractivity contribution >= 4 is 62.5 Å². The first-order valence-electron chi connectivity index (χ1n) is 16.5. The maximum Gasteiger partial charge on any atom is 0.346 e. The lowest BCUT2D eigenvalue weighted by Crippen LogP contribution is -2.08. The number of ether oxygens (including phenoxy) is 2. The van der Waals surface area contributed by atoms with Crippen LogP contribution in [0.15, 0.2) is 78.4 Å². The number of thiophene rings is 1. The quantitative estimate of drug-likeness (QED) is 0.0553. The number of aromatic nitrogens is 2. The van der Waals surface area contributed by atoms with E-state index in [1.165, 1.54) is 44.6 Å². The number of benzene rings is 3. The minimum absolute atomic E-state index is 0.355. The first kappa shape index (κ1) is 34.6. The molecule has 0 spiro atoms. The maximum atomic E-state index is 11.5. The van der Waals surface area contributed by atoms with E-state index in [1.807, 2.05) is 30.3 Å². The summed E-state index contributed by atoms with van der Waals surface area (Å²) in [4.78, 5) is 14.7. The number of fused-ring (bicyclic) bond motifs is 1. The molecule has 248 valence electrons. The zero-order valence-corrected chi connectivity index (χ0v) is 29.0. The van der Waals surface area contributed by atoms with E-state index in [1.54, 1.807) is 23.5 Å². The van der Waals surface area contributed by atoms with Crippen molar-refractivity contribution in [2.45, 2.75) is 65.2 Å². The number of anilines is 3. The fourth-order valence-corrected chi connectivity index (χ4v) is 6.97. The van der Waals surface area contributed by atoms with Gasteiger partial charge in [0.05, 0.1) is 24.9 Å². The molecule has 8 nitrogen and oxygen atoms in total. The standard InChI is InChI=1S/C38H40N4O4S2/c1-3-5-7-9-23-45-31-16-12-29(13-17-31)42(30-14-18-32(19-15-30)46-24-10-8-6-4-2)35-22-21-34(47-35)33-20-11-27(25-28(26-39)38(43)44)36-37(33)41-48-40-36/h11-22,25H,3-10,23-24H2,1-2H3,(H,43,44)/b28-25+. The van der Waals surface area contributed by atoms with Crippen LogP contribution in [-0.4, -0.2) is 33.0 Å². The molecule has 2 heterocycles. The van der Waals surface area contributed by atoms with Crippen molar-refractivity contribution in [2.75, 3.05) is 18.1 Å². The van der Waals surface area contributed by atoms with E-state index in [0.717, 1.165) is 62.9 Å². The largest absolute Gasteiger partial charge is 0.494 e. The molecular formula is C38H40N4O4S2. The van der Waals surface area contributed by atoms with Gasteiger partial charge in [-0.25, -0.2) is 4.79 Å². The lowest BCUT2D eigenvalue weighted by molar-refractivity contribution is -0.132. The minimum Gasteiger partial charge on any atom is -0.494 e. The molecule has 0 aliphatic carbocycles. The molecule has 0 unspecified atom stereocenters. The number of carboxylic acid groups (broad SMARTS) is 1. The number of hydrogen-bond donors (Lipinski definition) is 1. The second-order valence-electron chi connectivity index (χ2n) is 11.4. The third kappa shape index (κ3) is 8.79. The van der Waals surface area contributed by atoms with Crippen LogP contribution in [0.25, 0.3) is 27.6 Å². The van der Waals surface area contributed by atoms with Gasteiger partial charge in [-0.2, -0.15) is 14.0 Å². The maximum absolute atomic E-state index is 11.5. The Hall–Kier alpha value is -4.72. The molecule has 1 N–H and O–H groups in total. The van der Waals surface area contributed by atoms with Gasteiger partial charge in [-0.1, -0.05) is 64.5 Å². The summed E-state index contributed by atoms with van der Waals surface area (Å²) in [6.45, 7) is 5.83. The Kier molecular flexibility index (Phi) is 12.6. The highest BCUT2D eigenvalue weighted by atomic mass is 32.1. The number of rotatable bonds is 18. The summed E-state index contributed by atoms with van der Waals surface area (Å²) in [5, 5.41) is 19.6. The Balaban J connectivity index is 1.44. The number of aliphatic carboxylic acids is 1. The molecule has 0 radical (unpaired) electrons. The van der Waals surface area contributed by atoms with Gasteiger partial charge in [0.25, 0.3) is 0 Å². The number of unbranched alkanes of at least 4 members (excludes halogenated alkanes) is 6. The van der Waals surface area contributed by atoms with Gasteiger partial charge in [-0.05, 0) is 79.6 Å². The molecule has 48 heavy (non-hydrogen) atoms. The molecule has 0 aliphatic heterocycles. The molecule has 10 heteroatoms. The lowest BCUT2D eigenvalue weighted by Gasteiger charge is -2.24. The Bertz CT molecular complexity index is 1800. The number of carbonyl (C=O) groups is 1. The van der Waals surface area contributed by atoms with Crippen LogP contribution >= 0.6 is 23.1 Å². The van der Waals surface area contributed by atoms with Gasteiger partial charge < -0.3 is 19.5 Å². The monoisotopic (exact) mass is 680 g/mol. The van der Waals surface area contributed by atoms with E-state index < -0.39 is 5.97 Å². The second-order valence-corrected chi connectivity index (χ2v) is 13.0. The Labute approximate surface area is 290 Å². The molecule has 5 aromatic rings. The summed E-state index contributed by atoms with van der Waals surface area (Å²) in [7, 11) is 0. The van der Waals surface area contributed by atoms with Gasteiger partial charge in [0.15, 0.2) is 0 Å². The first-order chi connectivity index (χ1) is 23.5. The van der Waals surface area contributed by atoms with Crippen LogP contribution in [0.3, 0.4) is 0 Å². The predicted molar refractivity (Wildman–Crippen MR) is 196 cm³/mol. The highest BCUT2D eigenvalue weighted by molar-refractivity contribution is 7.19. The summed E-state index contributed by atoms with van der Waals surface area (Å²) in [5.41, 5.74) is 4.29. The molecule has 5 rings (SSSR count). The molecule has 0 saturated carbocycles. The van der Waals surface area contributed by atoms with E-state index in [4.69, 9.17) is 9.47 Å². The zero-order chi connectivity index (χ0) is 33.7. The molecule has 0 atom stereocenters. The second kappa shape index (κ2) is 17.4. The van der Waals surface area contributed by atoms with Crippen LogP contribution in [0.1, 0.15) is 70.8 Å². The van der Waals surface area contributed by atoms with Crippen molar-refractivity contribution in [1.82, 2.24) is 8.75 Å². The van der Waals surface area contributed by atoms with Crippen LogP contribution in [0, 0.1) is 11.3 Å². The van der Waals surface area contributed by atoms with Gasteiger partial charge in [0.2, 0.25) is 0 Å². The molecule has 0 fully saturated rings. The van der Waals surface area contributed by atoms with E-state index in [-0.39, 0.29) is 5.57 Å². The Morgan fingerprint density at radius 3 is 1.92 bits per heavy atom. The van der Waals surface area contributed by atoms with E-state index >= 15 is 0 Å². The molecule has 2 aromatic heterocycles. The van der Waals surface area contributed by atoms with Crippen LogP contribution in [-0.2, 0) is 4.79 Å². The summed E-state index contributed by atoms with van der Waals surface area (Å²) in [5.74, 6) is 0.423. The molecule has 0 saturated heterocycles. The minimum atomic E-state index is -1.28. The molecule has 3 aromatic carbocycles. The Morgan fingerprint density at radius 2 is 1.38 bits per heavy atom. The van der Waals surface area contributed by atoms with Crippen molar-refractivity contribution in [3.8, 4) is 28.0 Å². The summed E-state index contributed by atoms with van der Waals surface area (Å²) >= 11 is 2.68. The average Bonchev–Trinajstić information content (AvgIpc) is 3.80. The third-order valence-electron chi connectivity index (χ3n) is 7.90. The number of nitriles is 1. The van der Waals surface area contributed by atoms with Gasteiger partial charge in [-0.3, -0.25) is 0 Å². The van der Waals surface area contributed by atoms with Crippen LogP contribution in [0.5, 0.6) is 11.5 Å². The fourth-order valence-electron chi connectivity index (χ4n) is 5.32. The van der Waals surface area contributed by atoms with Gasteiger partial charge >= 0.3 is 5.97 Å². The number of hydrogen-bond acceptors (Lipinski definition) is 9. The van der Waals surface area contributed by atoms with Gasteiger partial charge in [0, 0.05) is 27.4 Å². The highest BCUT2D eigenvalue weighted by Gasteiger charge is 2.19. The molecule has 0 aliphatic rings. The number of carboxylic acids is 1. The van der Waals surface area contributed by atoms with E-state index in [2.05, 4.69) is 63.9 Å². The van der Waals surface area contributed by atoms with E-state index in [0.29, 0.717) is 29.8 Å². The van der Waals surface area contributed by atoms with Gasteiger partial charge in [-0.15, -0.1) is 11.3 Å². The Morgan fingerprint density at radius 1 is 0.792 bits per heavy atom. The average molecular weight is 681 g/mol. The van der Waals surface area contributed by atoms with E-state index in [9.17, 15) is 15.2 Å². The zero-order valence-electron chi connectivity index (χ0n) is 27.4. The van der Waals surface area contributed by atoms with Crippen molar-refractivity contribution in [3.63, 3.8) is 0 Å². The summed E-state index contributed by atoms with van der Waals surface area (Å²) in [6, 6.07) is 26.0. The highest BCUT2D eigenvalue weighted by Crippen LogP contribution is 2.44. The smallest absolute Gasteiger partial charge is 0.346 e. The fraction of sp³-hybridized carbons (Fsp3) is 0.316. The molecule has 0 amide bonds. The molecular weight excluding hydrogens is 641 g/mol. The van der Waals surface area contributed by atoms with Crippen molar-refractivity contribution in [2.24, 2.45) is 0 Å². The topological polar surface area (TPSA) is 109 Å². The third-order valence-corrected chi connectivity index (χ3v) is 9.53. The van der Waals surface area contributed by atoms with Crippen LogP contribution in [0.2, 0.25) is 0 Å². The van der Waals surface area contributed by atoms with Gasteiger partial charge in [0.1, 0.15) is 39.2 Å². The SMILES string of the molecule is CCCCCCOc1ccc(N(c2ccc(OCCCCCC)cc2)c2ccc(-c3ccc(/C=C(\C#N)C(=O)O)c4nsnc34)s2)cc1. The molecule has 0 bridgehead atoms. The van der Waals surface area contributed by atoms with Crippen molar-refractivity contribution in [3.05, 3.63) is 83.9 Å². The summed E-state index contributed by atoms with van der Waals surface area (Å²) < 4.78 is 21.0. The first-order valence-corrected chi connectivity index (χ1v) is 18.0. The van der Waals surface area contributed by atoms with Crippen molar-refractivity contribution in [1.29, 1.82) is 5.26 Å². The van der Waals surface area contributed by atoms with Crippen LogP contribution in [0.4, 0.5) is 16.4 Å². The van der Waals surface area contributed by atoms with Crippen LogP contribution < -0.4 is 14.4 Å². The number of nitrogens with zero attached hydrogens (tertiary/aromatic N) is 4. The lowest BCUT2D eigenvalue weighted by atomic mass is 10.0. The predicted octanol–water partition coefficient (Wildman–Crippen LogP) is 10.8. The van der Waals surface area contributed by atoms with Crippen molar-refractivity contribution < 1.29 is 19.4 Å². The normalized spacial score (nSPS) is 11.4. The summed E-state index contributed by atoms with van der Waals surface area (Å²) in [6.07, 6.45) is 10.6.